The van der Waals surface area contributed by atoms with Gasteiger partial charge >= 0.3 is 5.97 Å². The van der Waals surface area contributed by atoms with Crippen LogP contribution < -0.4 is 0 Å². The molecule has 0 N–H and O–H groups in total. The Kier molecular flexibility index (Phi) is 2.33. The molecule has 3 heteroatoms. The van der Waals surface area contributed by atoms with Crippen LogP contribution in [0.1, 0.15) is 39.0 Å². The summed E-state index contributed by atoms with van der Waals surface area (Å²) in [6.45, 7) is 2.29. The molecule has 1 unspecified atom stereocenters. The molecule has 1 spiro atoms. The Hall–Kier alpha value is -0.860. The van der Waals surface area contributed by atoms with E-state index in [-0.39, 0.29) is 17.3 Å². The van der Waals surface area contributed by atoms with Crippen LogP contribution in [0.3, 0.4) is 0 Å². The van der Waals surface area contributed by atoms with Crippen molar-refractivity contribution in [3.8, 4) is 0 Å². The van der Waals surface area contributed by atoms with E-state index >= 15 is 0 Å². The molecular formula is C11H16O3. The molecule has 2 fully saturated rings. The van der Waals surface area contributed by atoms with Crippen LogP contribution in [0.25, 0.3) is 0 Å². The fourth-order valence-electron chi connectivity index (χ4n) is 2.50. The average Bonchev–Trinajstić information content (AvgIpc) is 2.87. The van der Waals surface area contributed by atoms with Crippen LogP contribution in [-0.2, 0) is 14.3 Å². The van der Waals surface area contributed by atoms with Gasteiger partial charge in [0.05, 0.1) is 12.5 Å². The number of ketones is 1. The molecule has 2 rings (SSSR count). The first-order valence-electron chi connectivity index (χ1n) is 5.36. The van der Waals surface area contributed by atoms with E-state index in [0.717, 1.165) is 19.3 Å². The molecule has 0 amide bonds. The molecule has 78 valence electrons. The SMILES string of the molecule is CCOC(=O)C1CC12CCC(=O)CC2. The summed E-state index contributed by atoms with van der Waals surface area (Å²) in [4.78, 5) is 22.5. The second-order valence-electron chi connectivity index (χ2n) is 4.41. The van der Waals surface area contributed by atoms with Crippen LogP contribution in [0.15, 0.2) is 0 Å². The summed E-state index contributed by atoms with van der Waals surface area (Å²) in [5.41, 5.74) is 0.153. The molecule has 0 radical (unpaired) electrons. The Morgan fingerprint density at radius 3 is 2.71 bits per heavy atom. The summed E-state index contributed by atoms with van der Waals surface area (Å²) in [6, 6.07) is 0. The molecule has 0 saturated heterocycles. The second kappa shape index (κ2) is 3.37. The highest BCUT2D eigenvalue weighted by atomic mass is 16.5. The van der Waals surface area contributed by atoms with Gasteiger partial charge in [0.15, 0.2) is 0 Å². The van der Waals surface area contributed by atoms with Crippen LogP contribution in [0, 0.1) is 11.3 Å². The maximum atomic E-state index is 11.5. The number of ether oxygens (including phenoxy) is 1. The van der Waals surface area contributed by atoms with Crippen molar-refractivity contribution in [2.45, 2.75) is 39.0 Å². The van der Waals surface area contributed by atoms with Crippen LogP contribution >= 0.6 is 0 Å². The zero-order chi connectivity index (χ0) is 10.2. The smallest absolute Gasteiger partial charge is 0.309 e. The number of esters is 1. The van der Waals surface area contributed by atoms with Gasteiger partial charge in [-0.3, -0.25) is 9.59 Å². The van der Waals surface area contributed by atoms with Crippen LogP contribution in [0.5, 0.6) is 0 Å². The first-order valence-corrected chi connectivity index (χ1v) is 5.36. The number of hydrogen-bond acceptors (Lipinski definition) is 3. The highest BCUT2D eigenvalue weighted by molar-refractivity contribution is 5.82. The van der Waals surface area contributed by atoms with Gasteiger partial charge in [-0.25, -0.2) is 0 Å². The lowest BCUT2D eigenvalue weighted by Crippen LogP contribution is -2.20. The van der Waals surface area contributed by atoms with Gasteiger partial charge in [-0.15, -0.1) is 0 Å². The molecule has 0 aromatic carbocycles. The molecule has 0 aromatic rings. The number of hydrogen-bond donors (Lipinski definition) is 0. The van der Waals surface area contributed by atoms with E-state index in [4.69, 9.17) is 4.74 Å². The maximum absolute atomic E-state index is 11.5. The van der Waals surface area contributed by atoms with Crippen molar-refractivity contribution in [2.75, 3.05) is 6.61 Å². The van der Waals surface area contributed by atoms with E-state index < -0.39 is 0 Å². The first-order chi connectivity index (χ1) is 6.68. The van der Waals surface area contributed by atoms with Gasteiger partial charge in [-0.2, -0.15) is 0 Å². The summed E-state index contributed by atoms with van der Waals surface area (Å²) in [5.74, 6) is 0.391. The molecule has 0 aliphatic heterocycles. The zero-order valence-corrected chi connectivity index (χ0v) is 8.54. The van der Waals surface area contributed by atoms with Crippen molar-refractivity contribution in [1.82, 2.24) is 0 Å². The van der Waals surface area contributed by atoms with Gasteiger partial charge in [0.1, 0.15) is 5.78 Å². The lowest BCUT2D eigenvalue weighted by Gasteiger charge is -2.20. The fourth-order valence-corrected chi connectivity index (χ4v) is 2.50. The minimum absolute atomic E-state index is 0.0538. The third-order valence-electron chi connectivity index (χ3n) is 3.56. The summed E-state index contributed by atoms with van der Waals surface area (Å²) < 4.78 is 5.00. The standard InChI is InChI=1S/C11H16O3/c1-2-14-10(13)9-7-11(9)5-3-8(12)4-6-11/h9H,2-7H2,1H3. The normalized spacial score (nSPS) is 28.9. The topological polar surface area (TPSA) is 43.4 Å². The molecule has 0 heterocycles. The number of rotatable bonds is 2. The number of carbonyl (C=O) groups excluding carboxylic acids is 2. The summed E-state index contributed by atoms with van der Waals surface area (Å²) in [5, 5.41) is 0. The van der Waals surface area contributed by atoms with Crippen LogP contribution in [-0.4, -0.2) is 18.4 Å². The molecule has 0 aromatic heterocycles. The summed E-state index contributed by atoms with van der Waals surface area (Å²) in [6.07, 6.45) is 4.07. The molecule has 2 aliphatic rings. The van der Waals surface area contributed by atoms with Crippen molar-refractivity contribution < 1.29 is 14.3 Å². The summed E-state index contributed by atoms with van der Waals surface area (Å²) in [7, 11) is 0. The first kappa shape index (κ1) is 9.69. The van der Waals surface area contributed by atoms with E-state index in [1.807, 2.05) is 6.92 Å². The third-order valence-corrected chi connectivity index (χ3v) is 3.56. The van der Waals surface area contributed by atoms with Gasteiger partial charge < -0.3 is 4.74 Å². The third kappa shape index (κ3) is 1.56. The molecule has 1 atom stereocenters. The minimum atomic E-state index is -0.0538. The van der Waals surface area contributed by atoms with E-state index in [0.29, 0.717) is 25.2 Å². The van der Waals surface area contributed by atoms with Crippen molar-refractivity contribution in [1.29, 1.82) is 0 Å². The Balaban J connectivity index is 1.90. The predicted octanol–water partition coefficient (Wildman–Crippen LogP) is 1.70. The minimum Gasteiger partial charge on any atom is -0.466 e. The Morgan fingerprint density at radius 2 is 2.14 bits per heavy atom. The largest absolute Gasteiger partial charge is 0.466 e. The van der Waals surface area contributed by atoms with Crippen LogP contribution in [0.2, 0.25) is 0 Å². The highest BCUT2D eigenvalue weighted by Crippen LogP contribution is 2.61. The predicted molar refractivity (Wildman–Crippen MR) is 50.6 cm³/mol. The van der Waals surface area contributed by atoms with Gasteiger partial charge in [0, 0.05) is 12.8 Å². The molecule has 2 saturated carbocycles. The second-order valence-corrected chi connectivity index (χ2v) is 4.41. The zero-order valence-electron chi connectivity index (χ0n) is 8.54. The van der Waals surface area contributed by atoms with Gasteiger partial charge in [-0.05, 0) is 31.6 Å². The Morgan fingerprint density at radius 1 is 1.50 bits per heavy atom. The number of Topliss-reactive ketones (excluding diaryl/α,β-unsaturated/α-hetero) is 1. The average molecular weight is 196 g/mol. The van der Waals surface area contributed by atoms with Gasteiger partial charge in [0.25, 0.3) is 0 Å². The summed E-state index contributed by atoms with van der Waals surface area (Å²) >= 11 is 0. The van der Waals surface area contributed by atoms with Crippen molar-refractivity contribution in [2.24, 2.45) is 11.3 Å². The lowest BCUT2D eigenvalue weighted by molar-refractivity contribution is -0.146. The van der Waals surface area contributed by atoms with Gasteiger partial charge in [-0.1, -0.05) is 0 Å². The quantitative estimate of drug-likeness (QED) is 0.631. The monoisotopic (exact) mass is 196 g/mol. The number of carbonyl (C=O) groups is 2. The molecule has 14 heavy (non-hydrogen) atoms. The van der Waals surface area contributed by atoms with Crippen molar-refractivity contribution in [3.05, 3.63) is 0 Å². The molecular weight excluding hydrogens is 180 g/mol. The van der Waals surface area contributed by atoms with E-state index in [9.17, 15) is 9.59 Å². The highest BCUT2D eigenvalue weighted by Gasteiger charge is 2.59. The van der Waals surface area contributed by atoms with E-state index in [1.54, 1.807) is 0 Å². The molecule has 3 nitrogen and oxygen atoms in total. The van der Waals surface area contributed by atoms with E-state index in [2.05, 4.69) is 0 Å². The van der Waals surface area contributed by atoms with E-state index in [1.165, 1.54) is 0 Å². The van der Waals surface area contributed by atoms with Crippen molar-refractivity contribution in [3.63, 3.8) is 0 Å². The van der Waals surface area contributed by atoms with Crippen molar-refractivity contribution >= 4 is 11.8 Å². The molecule has 0 bridgehead atoms. The molecule has 2 aliphatic carbocycles. The van der Waals surface area contributed by atoms with Crippen LogP contribution in [0.4, 0.5) is 0 Å². The maximum Gasteiger partial charge on any atom is 0.309 e. The lowest BCUT2D eigenvalue weighted by atomic mass is 9.84. The Bertz CT molecular complexity index is 260. The fraction of sp³-hybridized carbons (Fsp3) is 0.818. The Labute approximate surface area is 83.8 Å². The van der Waals surface area contributed by atoms with Gasteiger partial charge in [0.2, 0.25) is 0 Å².